The summed E-state index contributed by atoms with van der Waals surface area (Å²) < 4.78 is 39.7. The third-order valence-electron chi connectivity index (χ3n) is 4.93. The normalized spacial score (nSPS) is 15.1. The second kappa shape index (κ2) is 9.80. The largest absolute Gasteiger partial charge is 0.495 e. The van der Waals surface area contributed by atoms with Gasteiger partial charge in [-0.2, -0.15) is 0 Å². The Labute approximate surface area is 185 Å². The average Bonchev–Trinajstić information content (AvgIpc) is 2.74. The molecule has 0 aliphatic carbocycles. The van der Waals surface area contributed by atoms with Crippen LogP contribution in [0.3, 0.4) is 0 Å². The minimum atomic E-state index is -3.75. The van der Waals surface area contributed by atoms with E-state index in [-0.39, 0.29) is 22.6 Å². The van der Waals surface area contributed by atoms with Crippen LogP contribution in [0.1, 0.15) is 30.1 Å². The highest BCUT2D eigenvalue weighted by molar-refractivity contribution is 9.10. The Bertz CT molecular complexity index is 987. The molecule has 0 atom stereocenters. The fourth-order valence-corrected chi connectivity index (χ4v) is 5.40. The maximum absolute atomic E-state index is 12.9. The Morgan fingerprint density at radius 2 is 1.83 bits per heavy atom. The fraction of sp³-hybridized carbons (Fsp3) is 0.381. The van der Waals surface area contributed by atoms with Gasteiger partial charge in [-0.3, -0.25) is 4.79 Å². The van der Waals surface area contributed by atoms with Crippen molar-refractivity contribution in [1.82, 2.24) is 9.62 Å². The highest BCUT2D eigenvalue weighted by Crippen LogP contribution is 2.28. The third kappa shape index (κ3) is 5.33. The Morgan fingerprint density at radius 1 is 1.17 bits per heavy atom. The fourth-order valence-electron chi connectivity index (χ4n) is 3.39. The number of methoxy groups -OCH3 is 1. The van der Waals surface area contributed by atoms with Gasteiger partial charge in [-0.15, -0.1) is 0 Å². The molecule has 0 aromatic heterocycles. The molecule has 0 unspecified atom stereocenters. The van der Waals surface area contributed by atoms with E-state index in [9.17, 15) is 13.2 Å². The van der Waals surface area contributed by atoms with Crippen LogP contribution in [0.15, 0.2) is 51.8 Å². The number of piperidine rings is 1. The molecule has 1 aliphatic rings. The van der Waals surface area contributed by atoms with E-state index in [1.807, 2.05) is 6.92 Å². The molecule has 7 nitrogen and oxygen atoms in total. The zero-order valence-corrected chi connectivity index (χ0v) is 19.3. The van der Waals surface area contributed by atoms with Crippen LogP contribution < -0.4 is 14.2 Å². The van der Waals surface area contributed by atoms with Crippen molar-refractivity contribution in [2.75, 3.05) is 26.8 Å². The lowest BCUT2D eigenvalue weighted by Gasteiger charge is -2.32. The van der Waals surface area contributed by atoms with E-state index in [2.05, 4.69) is 20.7 Å². The molecule has 0 spiro atoms. The van der Waals surface area contributed by atoms with Gasteiger partial charge in [0.2, 0.25) is 10.0 Å². The van der Waals surface area contributed by atoms with Crippen LogP contribution in [-0.4, -0.2) is 52.1 Å². The summed E-state index contributed by atoms with van der Waals surface area (Å²) in [6.07, 6.45) is 1.08. The zero-order chi connectivity index (χ0) is 21.7. The van der Waals surface area contributed by atoms with E-state index in [4.69, 9.17) is 9.47 Å². The van der Waals surface area contributed by atoms with Gasteiger partial charge in [-0.05, 0) is 62.2 Å². The van der Waals surface area contributed by atoms with Crippen LogP contribution in [0.2, 0.25) is 0 Å². The number of nitrogens with zero attached hydrogens (tertiary/aromatic N) is 1. The molecule has 0 radical (unpaired) electrons. The van der Waals surface area contributed by atoms with Crippen molar-refractivity contribution >= 4 is 31.9 Å². The minimum absolute atomic E-state index is 0.0620. The summed E-state index contributed by atoms with van der Waals surface area (Å²) in [6, 6.07) is 11.7. The van der Waals surface area contributed by atoms with Gasteiger partial charge in [0, 0.05) is 29.2 Å². The lowest BCUT2D eigenvalue weighted by molar-refractivity contribution is 0.0711. The lowest BCUT2D eigenvalue weighted by Crippen LogP contribution is -2.46. The first-order chi connectivity index (χ1) is 14.3. The number of nitrogens with one attached hydrogen (secondary N) is 1. The number of hydrogen-bond acceptors (Lipinski definition) is 5. The molecule has 162 valence electrons. The van der Waals surface area contributed by atoms with Crippen molar-refractivity contribution < 1.29 is 22.7 Å². The van der Waals surface area contributed by atoms with Crippen LogP contribution in [0.5, 0.6) is 11.5 Å². The van der Waals surface area contributed by atoms with Gasteiger partial charge in [-0.25, -0.2) is 13.1 Å². The predicted molar refractivity (Wildman–Crippen MR) is 118 cm³/mol. The van der Waals surface area contributed by atoms with E-state index in [1.54, 1.807) is 41.3 Å². The van der Waals surface area contributed by atoms with Crippen LogP contribution in [0, 0.1) is 0 Å². The molecule has 1 fully saturated rings. The number of amides is 1. The maximum Gasteiger partial charge on any atom is 0.253 e. The Hall–Kier alpha value is -2.10. The van der Waals surface area contributed by atoms with Gasteiger partial charge >= 0.3 is 0 Å². The summed E-state index contributed by atoms with van der Waals surface area (Å²) in [7, 11) is -2.31. The van der Waals surface area contributed by atoms with E-state index in [1.165, 1.54) is 13.2 Å². The molecule has 1 N–H and O–H groups in total. The minimum Gasteiger partial charge on any atom is -0.495 e. The Balaban J connectivity index is 1.61. The molecule has 3 rings (SSSR count). The van der Waals surface area contributed by atoms with E-state index in [0.29, 0.717) is 42.6 Å². The summed E-state index contributed by atoms with van der Waals surface area (Å²) in [6.45, 7) is 3.44. The van der Waals surface area contributed by atoms with Crippen molar-refractivity contribution in [1.29, 1.82) is 0 Å². The maximum atomic E-state index is 12.9. The van der Waals surface area contributed by atoms with Gasteiger partial charge in [0.05, 0.1) is 13.7 Å². The standard InChI is InChI=1S/C21H25BrN2O5S/c1-3-29-18-7-4-15(5-8-18)21(25)24-12-10-17(11-13-24)23-30(26,27)20-14-16(22)6-9-19(20)28-2/h4-9,14,17,23H,3,10-13H2,1-2H3. The van der Waals surface area contributed by atoms with Crippen LogP contribution in [0.25, 0.3) is 0 Å². The Morgan fingerprint density at radius 3 is 2.43 bits per heavy atom. The number of benzene rings is 2. The van der Waals surface area contributed by atoms with Crippen molar-refractivity contribution in [3.05, 3.63) is 52.5 Å². The number of carbonyl (C=O) groups is 1. The van der Waals surface area contributed by atoms with Gasteiger partial charge in [0.1, 0.15) is 16.4 Å². The smallest absolute Gasteiger partial charge is 0.253 e. The molecular weight excluding hydrogens is 472 g/mol. The highest BCUT2D eigenvalue weighted by atomic mass is 79.9. The van der Waals surface area contributed by atoms with Gasteiger partial charge < -0.3 is 14.4 Å². The summed E-state index contributed by atoms with van der Waals surface area (Å²) in [5, 5.41) is 0. The molecule has 9 heteroatoms. The molecule has 1 heterocycles. The first-order valence-corrected chi connectivity index (χ1v) is 12.0. The summed E-state index contributed by atoms with van der Waals surface area (Å²) in [4.78, 5) is 14.6. The molecular formula is C21H25BrN2O5S. The van der Waals surface area contributed by atoms with Gasteiger partial charge in [0.15, 0.2) is 0 Å². The highest BCUT2D eigenvalue weighted by Gasteiger charge is 2.28. The SMILES string of the molecule is CCOc1ccc(C(=O)N2CCC(NS(=O)(=O)c3cc(Br)ccc3OC)CC2)cc1. The van der Waals surface area contributed by atoms with E-state index >= 15 is 0 Å². The molecule has 0 bridgehead atoms. The topological polar surface area (TPSA) is 84.9 Å². The van der Waals surface area contributed by atoms with Gasteiger partial charge in [-0.1, -0.05) is 15.9 Å². The quantitative estimate of drug-likeness (QED) is 0.634. The number of rotatable bonds is 7. The summed E-state index contributed by atoms with van der Waals surface area (Å²) in [5.74, 6) is 0.951. The second-order valence-electron chi connectivity index (χ2n) is 6.94. The first-order valence-electron chi connectivity index (χ1n) is 9.72. The lowest BCUT2D eigenvalue weighted by atomic mass is 10.0. The zero-order valence-electron chi connectivity index (χ0n) is 16.9. The van der Waals surface area contributed by atoms with Crippen LogP contribution >= 0.6 is 15.9 Å². The molecule has 2 aromatic carbocycles. The van der Waals surface area contributed by atoms with E-state index < -0.39 is 10.0 Å². The molecule has 30 heavy (non-hydrogen) atoms. The average molecular weight is 497 g/mol. The Kier molecular flexibility index (Phi) is 7.38. The number of sulfonamides is 1. The molecule has 1 saturated heterocycles. The number of likely N-dealkylation sites (tertiary alicyclic amines) is 1. The number of halogens is 1. The van der Waals surface area contributed by atoms with E-state index in [0.717, 1.165) is 5.75 Å². The van der Waals surface area contributed by atoms with Crippen LogP contribution in [-0.2, 0) is 10.0 Å². The van der Waals surface area contributed by atoms with Crippen LogP contribution in [0.4, 0.5) is 0 Å². The summed E-state index contributed by atoms with van der Waals surface area (Å²) in [5.41, 5.74) is 0.594. The molecule has 1 aliphatic heterocycles. The van der Waals surface area contributed by atoms with Gasteiger partial charge in [0.25, 0.3) is 5.91 Å². The molecule has 2 aromatic rings. The summed E-state index contributed by atoms with van der Waals surface area (Å²) >= 11 is 3.30. The number of hydrogen-bond donors (Lipinski definition) is 1. The predicted octanol–water partition coefficient (Wildman–Crippen LogP) is 3.44. The number of carbonyl (C=O) groups excluding carboxylic acids is 1. The van der Waals surface area contributed by atoms with Crippen molar-refractivity contribution in [3.8, 4) is 11.5 Å². The van der Waals surface area contributed by atoms with Crippen molar-refractivity contribution in [2.24, 2.45) is 0 Å². The molecule has 0 saturated carbocycles. The second-order valence-corrected chi connectivity index (χ2v) is 9.54. The van der Waals surface area contributed by atoms with Crippen molar-refractivity contribution in [2.45, 2.75) is 30.7 Å². The first kappa shape index (κ1) is 22.6. The monoisotopic (exact) mass is 496 g/mol. The number of ether oxygens (including phenoxy) is 2. The third-order valence-corrected chi connectivity index (χ3v) is 6.97. The molecule has 1 amide bonds. The van der Waals surface area contributed by atoms with Crippen molar-refractivity contribution in [3.63, 3.8) is 0 Å².